The van der Waals surface area contributed by atoms with Gasteiger partial charge in [-0.25, -0.2) is 14.2 Å². The van der Waals surface area contributed by atoms with Crippen LogP contribution in [0.4, 0.5) is 8.78 Å². The van der Waals surface area contributed by atoms with Crippen molar-refractivity contribution < 1.29 is 8.78 Å². The van der Waals surface area contributed by atoms with Crippen molar-refractivity contribution in [3.63, 3.8) is 0 Å². The predicted octanol–water partition coefficient (Wildman–Crippen LogP) is 3.12. The normalized spacial score (nSPS) is 12.4. The summed E-state index contributed by atoms with van der Waals surface area (Å²) >= 11 is 2.20. The highest BCUT2D eigenvalue weighted by Gasteiger charge is 2.14. The third-order valence-corrected chi connectivity index (χ3v) is 3.37. The van der Waals surface area contributed by atoms with Crippen LogP contribution in [0.5, 0.6) is 0 Å². The summed E-state index contributed by atoms with van der Waals surface area (Å²) in [6.07, 6.45) is 0. The number of nitrogens with two attached hydrogens (primary N) is 1. The molecule has 1 atom stereocenters. The van der Waals surface area contributed by atoms with Crippen LogP contribution in [0.25, 0.3) is 0 Å². The van der Waals surface area contributed by atoms with Crippen LogP contribution < -0.4 is 11.3 Å². The van der Waals surface area contributed by atoms with E-state index in [1.165, 1.54) is 6.07 Å². The molecule has 2 nitrogen and oxygen atoms in total. The Morgan fingerprint density at radius 2 is 1.56 bits per heavy atom. The van der Waals surface area contributed by atoms with Gasteiger partial charge in [0.05, 0.1) is 6.04 Å². The van der Waals surface area contributed by atoms with Gasteiger partial charge in [0.2, 0.25) is 0 Å². The van der Waals surface area contributed by atoms with E-state index in [-0.39, 0.29) is 6.04 Å². The summed E-state index contributed by atoms with van der Waals surface area (Å²) in [5.74, 6) is 3.75. The van der Waals surface area contributed by atoms with Crippen molar-refractivity contribution in [3.05, 3.63) is 68.8 Å². The quantitative estimate of drug-likeness (QED) is 0.502. The Morgan fingerprint density at radius 1 is 0.944 bits per heavy atom. The summed E-state index contributed by atoms with van der Waals surface area (Å²) in [5, 5.41) is 0. The van der Waals surface area contributed by atoms with Gasteiger partial charge in [-0.15, -0.1) is 0 Å². The van der Waals surface area contributed by atoms with E-state index < -0.39 is 11.6 Å². The fourth-order valence-corrected chi connectivity index (χ4v) is 2.09. The first kappa shape index (κ1) is 13.4. The Kier molecular flexibility index (Phi) is 4.26. The lowest BCUT2D eigenvalue weighted by atomic mass is 9.99. The molecule has 2 aromatic carbocycles. The highest BCUT2D eigenvalue weighted by molar-refractivity contribution is 14.1. The summed E-state index contributed by atoms with van der Waals surface area (Å²) < 4.78 is 27.2. The Hall–Kier alpha value is -1.05. The molecule has 0 aliphatic heterocycles. The summed E-state index contributed by atoms with van der Waals surface area (Å²) in [6, 6.07) is 11.1. The molecule has 3 N–H and O–H groups in total. The first-order chi connectivity index (χ1) is 8.61. The maximum Gasteiger partial charge on any atom is 0.159 e. The van der Waals surface area contributed by atoms with Gasteiger partial charge in [0.15, 0.2) is 11.6 Å². The minimum Gasteiger partial charge on any atom is -0.271 e. The molecule has 2 rings (SSSR count). The van der Waals surface area contributed by atoms with Crippen LogP contribution in [-0.2, 0) is 0 Å². The molecule has 18 heavy (non-hydrogen) atoms. The highest BCUT2D eigenvalue weighted by Crippen LogP contribution is 2.23. The Balaban J connectivity index is 2.38. The van der Waals surface area contributed by atoms with Crippen LogP contribution in [0, 0.1) is 15.2 Å². The minimum absolute atomic E-state index is 0.364. The molecule has 0 spiro atoms. The number of hydrogen-bond donors (Lipinski definition) is 2. The van der Waals surface area contributed by atoms with Gasteiger partial charge in [-0.3, -0.25) is 5.84 Å². The summed E-state index contributed by atoms with van der Waals surface area (Å²) in [5.41, 5.74) is 4.08. The minimum atomic E-state index is -0.877. The molecule has 0 saturated heterocycles. The first-order valence-corrected chi connectivity index (χ1v) is 6.36. The zero-order valence-electron chi connectivity index (χ0n) is 9.33. The van der Waals surface area contributed by atoms with Gasteiger partial charge >= 0.3 is 0 Å². The molecule has 1 unspecified atom stereocenters. The van der Waals surface area contributed by atoms with E-state index in [2.05, 4.69) is 28.0 Å². The second kappa shape index (κ2) is 5.73. The smallest absolute Gasteiger partial charge is 0.159 e. The second-order valence-corrected chi connectivity index (χ2v) is 5.07. The predicted molar refractivity (Wildman–Crippen MR) is 74.7 cm³/mol. The standard InChI is InChI=1S/C13H11F2IN2/c14-11-6-3-9(7-12(11)15)13(18-17)8-1-4-10(16)5-2-8/h1-7,13,18H,17H2. The van der Waals surface area contributed by atoms with E-state index in [4.69, 9.17) is 5.84 Å². The third kappa shape index (κ3) is 2.85. The summed E-state index contributed by atoms with van der Waals surface area (Å²) in [7, 11) is 0. The molecule has 0 fully saturated rings. The number of hydrazine groups is 1. The molecule has 0 aliphatic carbocycles. The van der Waals surface area contributed by atoms with Gasteiger partial charge in [0.1, 0.15) is 0 Å². The van der Waals surface area contributed by atoms with Crippen LogP contribution >= 0.6 is 22.6 Å². The van der Waals surface area contributed by atoms with Crippen molar-refractivity contribution in [2.75, 3.05) is 0 Å². The molecule has 0 saturated carbocycles. The zero-order chi connectivity index (χ0) is 13.1. The lowest BCUT2D eigenvalue weighted by molar-refractivity contribution is 0.504. The SMILES string of the molecule is NNC(c1ccc(I)cc1)c1ccc(F)c(F)c1. The van der Waals surface area contributed by atoms with Gasteiger partial charge in [0, 0.05) is 3.57 Å². The molecule has 0 amide bonds. The van der Waals surface area contributed by atoms with Crippen molar-refractivity contribution in [3.8, 4) is 0 Å². The largest absolute Gasteiger partial charge is 0.271 e. The molecule has 2 aromatic rings. The fourth-order valence-electron chi connectivity index (χ4n) is 1.73. The van der Waals surface area contributed by atoms with Gasteiger partial charge in [0.25, 0.3) is 0 Å². The summed E-state index contributed by atoms with van der Waals surface area (Å²) in [6.45, 7) is 0. The third-order valence-electron chi connectivity index (χ3n) is 2.65. The van der Waals surface area contributed by atoms with Crippen molar-refractivity contribution in [1.82, 2.24) is 5.43 Å². The van der Waals surface area contributed by atoms with Gasteiger partial charge in [-0.1, -0.05) is 18.2 Å². The maximum atomic E-state index is 13.2. The fraction of sp³-hybridized carbons (Fsp3) is 0.0769. The monoisotopic (exact) mass is 360 g/mol. The second-order valence-electron chi connectivity index (χ2n) is 3.82. The first-order valence-electron chi connectivity index (χ1n) is 5.28. The van der Waals surface area contributed by atoms with Crippen LogP contribution in [0.15, 0.2) is 42.5 Å². The number of rotatable bonds is 3. The van der Waals surface area contributed by atoms with Crippen molar-refractivity contribution >= 4 is 22.6 Å². The van der Waals surface area contributed by atoms with E-state index >= 15 is 0 Å². The van der Waals surface area contributed by atoms with Crippen molar-refractivity contribution in [2.45, 2.75) is 6.04 Å². The Morgan fingerprint density at radius 3 is 2.11 bits per heavy atom. The molecule has 0 heterocycles. The number of nitrogens with one attached hydrogen (secondary N) is 1. The van der Waals surface area contributed by atoms with Crippen molar-refractivity contribution in [1.29, 1.82) is 0 Å². The molecule has 5 heteroatoms. The molecule has 0 bridgehead atoms. The van der Waals surface area contributed by atoms with Gasteiger partial charge in [-0.2, -0.15) is 0 Å². The van der Waals surface area contributed by atoms with E-state index in [0.717, 1.165) is 21.3 Å². The average Bonchev–Trinajstić information content (AvgIpc) is 2.37. The van der Waals surface area contributed by atoms with E-state index in [1.54, 1.807) is 0 Å². The van der Waals surface area contributed by atoms with Gasteiger partial charge < -0.3 is 0 Å². The average molecular weight is 360 g/mol. The van der Waals surface area contributed by atoms with Gasteiger partial charge in [-0.05, 0) is 58.0 Å². The zero-order valence-corrected chi connectivity index (χ0v) is 11.5. The van der Waals surface area contributed by atoms with E-state index in [1.807, 2.05) is 24.3 Å². The molecular weight excluding hydrogens is 349 g/mol. The number of benzene rings is 2. The lowest BCUT2D eigenvalue weighted by Gasteiger charge is -2.17. The van der Waals surface area contributed by atoms with Crippen LogP contribution in [0.2, 0.25) is 0 Å². The molecular formula is C13H11F2IN2. The summed E-state index contributed by atoms with van der Waals surface area (Å²) in [4.78, 5) is 0. The van der Waals surface area contributed by atoms with Crippen molar-refractivity contribution in [2.24, 2.45) is 5.84 Å². The molecule has 94 valence electrons. The Bertz CT molecular complexity index is 543. The molecule has 0 aromatic heterocycles. The highest BCUT2D eigenvalue weighted by atomic mass is 127. The van der Waals surface area contributed by atoms with Crippen LogP contribution in [-0.4, -0.2) is 0 Å². The topological polar surface area (TPSA) is 38.0 Å². The Labute approximate surface area is 117 Å². The maximum absolute atomic E-state index is 13.2. The molecule has 0 radical (unpaired) electrons. The van der Waals surface area contributed by atoms with E-state index in [0.29, 0.717) is 5.56 Å². The van der Waals surface area contributed by atoms with E-state index in [9.17, 15) is 8.78 Å². The number of hydrogen-bond acceptors (Lipinski definition) is 2. The number of halogens is 3. The van der Waals surface area contributed by atoms with Crippen LogP contribution in [0.3, 0.4) is 0 Å². The van der Waals surface area contributed by atoms with Crippen LogP contribution in [0.1, 0.15) is 17.2 Å². The lowest BCUT2D eigenvalue weighted by Crippen LogP contribution is -2.28. The molecule has 0 aliphatic rings.